The van der Waals surface area contributed by atoms with Gasteiger partial charge in [0.05, 0.1) is 15.8 Å². The maximum Gasteiger partial charge on any atom is 0.134 e. The first-order chi connectivity index (χ1) is 16.2. The third-order valence-electron chi connectivity index (χ3n) is 5.96. The SMILES string of the molecule is CN(Cc1cc(Br)cc(Br)c1O)c1ccccc1/N=C/c1cc(C(C)(C)C)cc(C(C)(C)C)c1O. The minimum atomic E-state index is -0.202. The summed E-state index contributed by atoms with van der Waals surface area (Å²) in [5.41, 5.74) is 4.99. The normalized spacial score (nSPS) is 12.4. The molecule has 4 nitrogen and oxygen atoms in total. The molecular formula is C29H34Br2N2O2. The summed E-state index contributed by atoms with van der Waals surface area (Å²) < 4.78 is 1.53. The van der Waals surface area contributed by atoms with Crippen LogP contribution in [0, 0.1) is 0 Å². The molecule has 0 unspecified atom stereocenters. The maximum atomic E-state index is 11.1. The zero-order valence-electron chi connectivity index (χ0n) is 21.4. The van der Waals surface area contributed by atoms with Gasteiger partial charge in [0.2, 0.25) is 0 Å². The Hall–Kier alpha value is -2.31. The van der Waals surface area contributed by atoms with Crippen molar-refractivity contribution in [1.82, 2.24) is 0 Å². The van der Waals surface area contributed by atoms with Crippen LogP contribution in [-0.2, 0) is 17.4 Å². The van der Waals surface area contributed by atoms with Crippen molar-refractivity contribution in [3.8, 4) is 11.5 Å². The van der Waals surface area contributed by atoms with Gasteiger partial charge in [-0.2, -0.15) is 0 Å². The smallest absolute Gasteiger partial charge is 0.134 e. The van der Waals surface area contributed by atoms with E-state index >= 15 is 0 Å². The molecule has 0 amide bonds. The molecule has 3 aromatic carbocycles. The minimum absolute atomic E-state index is 0.0609. The van der Waals surface area contributed by atoms with Gasteiger partial charge in [0, 0.05) is 41.0 Å². The molecule has 2 N–H and O–H groups in total. The molecule has 0 aliphatic rings. The standard InChI is InChI=1S/C29H34Br2N2O2/c1-28(2,3)20-12-18(26(34)22(14-20)29(4,5)6)16-32-24-10-8-9-11-25(24)33(7)17-19-13-21(30)15-23(31)27(19)35/h8-16,34-35H,17H2,1-7H3/b32-16+. The van der Waals surface area contributed by atoms with Gasteiger partial charge < -0.3 is 15.1 Å². The lowest BCUT2D eigenvalue weighted by Gasteiger charge is -2.27. The number of halogens is 2. The Morgan fingerprint density at radius 3 is 2.17 bits per heavy atom. The highest BCUT2D eigenvalue weighted by atomic mass is 79.9. The predicted octanol–water partition coefficient (Wildman–Crippen LogP) is 8.60. The average Bonchev–Trinajstić information content (AvgIpc) is 2.75. The first-order valence-corrected chi connectivity index (χ1v) is 13.2. The molecule has 0 heterocycles. The summed E-state index contributed by atoms with van der Waals surface area (Å²) in [6.07, 6.45) is 1.75. The molecule has 0 saturated carbocycles. The van der Waals surface area contributed by atoms with Gasteiger partial charge in [0.25, 0.3) is 0 Å². The molecular weight excluding hydrogens is 568 g/mol. The van der Waals surface area contributed by atoms with Crippen molar-refractivity contribution < 1.29 is 10.2 Å². The number of anilines is 1. The van der Waals surface area contributed by atoms with Crippen LogP contribution in [0.2, 0.25) is 0 Å². The zero-order chi connectivity index (χ0) is 26.1. The number of para-hydroxylation sites is 2. The second kappa shape index (κ2) is 10.4. The Morgan fingerprint density at radius 2 is 1.54 bits per heavy atom. The number of benzene rings is 3. The number of rotatable bonds is 5. The van der Waals surface area contributed by atoms with E-state index in [-0.39, 0.29) is 22.3 Å². The highest BCUT2D eigenvalue weighted by Crippen LogP contribution is 2.38. The van der Waals surface area contributed by atoms with Crippen molar-refractivity contribution >= 4 is 49.4 Å². The van der Waals surface area contributed by atoms with Crippen molar-refractivity contribution in [3.05, 3.63) is 79.7 Å². The number of nitrogens with zero attached hydrogens (tertiary/aromatic N) is 2. The molecule has 0 spiro atoms. The number of hydrogen-bond donors (Lipinski definition) is 2. The molecule has 0 aromatic heterocycles. The van der Waals surface area contributed by atoms with Crippen LogP contribution in [0.5, 0.6) is 11.5 Å². The molecule has 0 saturated heterocycles. The van der Waals surface area contributed by atoms with E-state index in [9.17, 15) is 10.2 Å². The molecule has 0 aliphatic heterocycles. The highest BCUT2D eigenvalue weighted by molar-refractivity contribution is 9.11. The topological polar surface area (TPSA) is 56.1 Å². The van der Waals surface area contributed by atoms with Gasteiger partial charge in [-0.15, -0.1) is 0 Å². The third kappa shape index (κ3) is 6.47. The Kier molecular flexibility index (Phi) is 8.07. The summed E-state index contributed by atoms with van der Waals surface area (Å²) in [5, 5.41) is 21.6. The minimum Gasteiger partial charge on any atom is -0.507 e. The molecule has 0 radical (unpaired) electrons. The molecule has 6 heteroatoms. The van der Waals surface area contributed by atoms with Crippen LogP contribution < -0.4 is 4.90 Å². The van der Waals surface area contributed by atoms with Crippen molar-refractivity contribution in [2.45, 2.75) is 58.9 Å². The van der Waals surface area contributed by atoms with E-state index in [0.29, 0.717) is 16.6 Å². The van der Waals surface area contributed by atoms with Crippen molar-refractivity contribution in [1.29, 1.82) is 0 Å². The Labute approximate surface area is 226 Å². The van der Waals surface area contributed by atoms with Gasteiger partial charge in [-0.1, -0.05) is 75.7 Å². The van der Waals surface area contributed by atoms with E-state index in [0.717, 1.165) is 32.5 Å². The van der Waals surface area contributed by atoms with E-state index in [1.165, 1.54) is 0 Å². The summed E-state index contributed by atoms with van der Waals surface area (Å²) in [6.45, 7) is 13.3. The van der Waals surface area contributed by atoms with Crippen molar-refractivity contribution in [3.63, 3.8) is 0 Å². The summed E-state index contributed by atoms with van der Waals surface area (Å²) in [4.78, 5) is 6.84. The zero-order valence-corrected chi connectivity index (χ0v) is 24.6. The fourth-order valence-corrected chi connectivity index (χ4v) is 5.19. The van der Waals surface area contributed by atoms with Crippen LogP contribution in [0.3, 0.4) is 0 Å². The van der Waals surface area contributed by atoms with Crippen LogP contribution >= 0.6 is 31.9 Å². The van der Waals surface area contributed by atoms with Gasteiger partial charge in [0.1, 0.15) is 11.5 Å². The molecule has 0 aliphatic carbocycles. The Balaban J connectivity index is 2.01. The van der Waals surface area contributed by atoms with E-state index in [2.05, 4.69) is 79.5 Å². The van der Waals surface area contributed by atoms with Gasteiger partial charge >= 0.3 is 0 Å². The second-order valence-corrected chi connectivity index (χ2v) is 12.7. The summed E-state index contributed by atoms with van der Waals surface area (Å²) in [7, 11) is 1.97. The number of phenols is 2. The monoisotopic (exact) mass is 600 g/mol. The van der Waals surface area contributed by atoms with Crippen LogP contribution in [-0.4, -0.2) is 23.5 Å². The Morgan fingerprint density at radius 1 is 0.886 bits per heavy atom. The molecule has 3 rings (SSSR count). The van der Waals surface area contributed by atoms with E-state index in [1.807, 2.05) is 54.4 Å². The second-order valence-electron chi connectivity index (χ2n) is 11.0. The van der Waals surface area contributed by atoms with Gasteiger partial charge in [0.15, 0.2) is 0 Å². The number of aliphatic imine (C=N–C) groups is 1. The molecule has 0 bridgehead atoms. The molecule has 186 valence electrons. The lowest BCUT2D eigenvalue weighted by atomic mass is 9.79. The van der Waals surface area contributed by atoms with Crippen molar-refractivity contribution in [2.24, 2.45) is 4.99 Å². The van der Waals surface area contributed by atoms with Gasteiger partial charge in [-0.25, -0.2) is 0 Å². The maximum absolute atomic E-state index is 11.1. The molecule has 3 aromatic rings. The lowest BCUT2D eigenvalue weighted by molar-refractivity contribution is 0.444. The molecule has 35 heavy (non-hydrogen) atoms. The number of aromatic hydroxyl groups is 2. The fourth-order valence-electron chi connectivity index (χ4n) is 3.88. The molecule has 0 fully saturated rings. The lowest BCUT2D eigenvalue weighted by Crippen LogP contribution is -2.17. The van der Waals surface area contributed by atoms with E-state index in [4.69, 9.17) is 4.99 Å². The first-order valence-electron chi connectivity index (χ1n) is 11.6. The van der Waals surface area contributed by atoms with Crippen LogP contribution in [0.1, 0.15) is 63.8 Å². The molecule has 0 atom stereocenters. The summed E-state index contributed by atoms with van der Waals surface area (Å²) in [5.74, 6) is 0.489. The number of phenolic OH excluding ortho intramolecular Hbond substituents is 2. The van der Waals surface area contributed by atoms with Crippen LogP contribution in [0.15, 0.2) is 62.5 Å². The predicted molar refractivity (Wildman–Crippen MR) is 155 cm³/mol. The average molecular weight is 602 g/mol. The summed E-state index contributed by atoms with van der Waals surface area (Å²) >= 11 is 6.91. The van der Waals surface area contributed by atoms with Gasteiger partial charge in [-0.05, 0) is 62.7 Å². The largest absolute Gasteiger partial charge is 0.507 e. The van der Waals surface area contributed by atoms with E-state index in [1.54, 1.807) is 6.21 Å². The Bertz CT molecular complexity index is 1250. The third-order valence-corrected chi connectivity index (χ3v) is 7.03. The quantitative estimate of drug-likeness (QED) is 0.288. The fraction of sp³-hybridized carbons (Fsp3) is 0.345. The highest BCUT2D eigenvalue weighted by Gasteiger charge is 2.24. The summed E-state index contributed by atoms with van der Waals surface area (Å²) in [6, 6.07) is 15.7. The van der Waals surface area contributed by atoms with Crippen molar-refractivity contribution in [2.75, 3.05) is 11.9 Å². The number of hydrogen-bond acceptors (Lipinski definition) is 4. The van der Waals surface area contributed by atoms with Crippen LogP contribution in [0.4, 0.5) is 11.4 Å². The van der Waals surface area contributed by atoms with Gasteiger partial charge in [-0.3, -0.25) is 4.99 Å². The van der Waals surface area contributed by atoms with E-state index < -0.39 is 0 Å². The van der Waals surface area contributed by atoms with Crippen LogP contribution in [0.25, 0.3) is 0 Å². The first kappa shape index (κ1) is 27.3.